The molecule has 0 aliphatic carbocycles. The summed E-state index contributed by atoms with van der Waals surface area (Å²) in [6.45, 7) is 0.408. The molecule has 0 saturated heterocycles. The van der Waals surface area contributed by atoms with Crippen LogP contribution in [0.15, 0.2) is 72.5 Å². The SMILES string of the molecule is COc1ccc(C=C2Oc3cc(OCc4ccc(OC)cc4)ccc3C2=O)cc1. The molecule has 0 fully saturated rings. The standard InChI is InChI=1S/C24H20O5/c1-26-18-7-3-16(4-8-18)13-23-24(25)21-12-11-20(14-22(21)29-23)28-15-17-5-9-19(27-2)10-6-17/h3-14H,15H2,1-2H3. The number of ketones is 1. The van der Waals surface area contributed by atoms with E-state index in [2.05, 4.69) is 0 Å². The van der Waals surface area contributed by atoms with Crippen LogP contribution < -0.4 is 18.9 Å². The molecular weight excluding hydrogens is 368 g/mol. The van der Waals surface area contributed by atoms with Crippen molar-refractivity contribution in [3.63, 3.8) is 0 Å². The van der Waals surface area contributed by atoms with E-state index in [9.17, 15) is 4.79 Å². The summed E-state index contributed by atoms with van der Waals surface area (Å²) in [7, 11) is 3.25. The van der Waals surface area contributed by atoms with Crippen LogP contribution in [0, 0.1) is 0 Å². The minimum absolute atomic E-state index is 0.141. The normalized spacial score (nSPS) is 13.7. The maximum Gasteiger partial charge on any atom is 0.231 e. The average molecular weight is 388 g/mol. The van der Waals surface area contributed by atoms with Crippen LogP contribution in [0.5, 0.6) is 23.0 Å². The van der Waals surface area contributed by atoms with Crippen LogP contribution in [0.4, 0.5) is 0 Å². The highest BCUT2D eigenvalue weighted by Crippen LogP contribution is 2.35. The van der Waals surface area contributed by atoms with Crippen molar-refractivity contribution in [3.05, 3.63) is 89.2 Å². The minimum atomic E-state index is -0.141. The van der Waals surface area contributed by atoms with Crippen molar-refractivity contribution in [2.75, 3.05) is 14.2 Å². The second kappa shape index (κ2) is 8.10. The van der Waals surface area contributed by atoms with Crippen LogP contribution in [0.1, 0.15) is 21.5 Å². The molecule has 0 radical (unpaired) electrons. The first-order chi connectivity index (χ1) is 14.2. The van der Waals surface area contributed by atoms with Crippen molar-refractivity contribution in [3.8, 4) is 23.0 Å². The van der Waals surface area contributed by atoms with Gasteiger partial charge in [-0.25, -0.2) is 0 Å². The lowest BCUT2D eigenvalue weighted by Gasteiger charge is -2.08. The van der Waals surface area contributed by atoms with E-state index in [0.717, 1.165) is 22.6 Å². The van der Waals surface area contributed by atoms with E-state index in [1.165, 1.54) is 0 Å². The molecular formula is C24H20O5. The Morgan fingerprint density at radius 3 is 2.10 bits per heavy atom. The molecule has 0 unspecified atom stereocenters. The Hall–Kier alpha value is -3.73. The molecule has 0 bridgehead atoms. The minimum Gasteiger partial charge on any atom is -0.497 e. The van der Waals surface area contributed by atoms with E-state index in [-0.39, 0.29) is 11.5 Å². The van der Waals surface area contributed by atoms with Gasteiger partial charge in [-0.1, -0.05) is 24.3 Å². The third-order valence-corrected chi connectivity index (χ3v) is 4.62. The van der Waals surface area contributed by atoms with Crippen molar-refractivity contribution < 1.29 is 23.7 Å². The lowest BCUT2D eigenvalue weighted by molar-refractivity contribution is 0.101. The summed E-state index contributed by atoms with van der Waals surface area (Å²) < 4.78 is 21.9. The smallest absolute Gasteiger partial charge is 0.231 e. The van der Waals surface area contributed by atoms with Gasteiger partial charge in [0.2, 0.25) is 5.78 Å². The Morgan fingerprint density at radius 2 is 1.45 bits per heavy atom. The Bertz CT molecular complexity index is 1050. The Labute approximate surface area is 169 Å². The fourth-order valence-corrected chi connectivity index (χ4v) is 3.00. The Morgan fingerprint density at radius 1 is 0.828 bits per heavy atom. The monoisotopic (exact) mass is 388 g/mol. The molecule has 0 aromatic heterocycles. The van der Waals surface area contributed by atoms with Crippen LogP contribution >= 0.6 is 0 Å². The number of Topliss-reactive ketones (excluding diaryl/α,β-unsaturated/α-hetero) is 1. The van der Waals surface area contributed by atoms with Gasteiger partial charge < -0.3 is 18.9 Å². The van der Waals surface area contributed by atoms with Gasteiger partial charge in [0.05, 0.1) is 19.8 Å². The van der Waals surface area contributed by atoms with Crippen LogP contribution in [0.3, 0.4) is 0 Å². The van der Waals surface area contributed by atoms with Gasteiger partial charge in [-0.15, -0.1) is 0 Å². The van der Waals surface area contributed by atoms with E-state index >= 15 is 0 Å². The molecule has 4 rings (SSSR count). The van der Waals surface area contributed by atoms with Crippen molar-refractivity contribution in [1.82, 2.24) is 0 Å². The molecule has 3 aromatic rings. The van der Waals surface area contributed by atoms with Crippen LogP contribution in [0.25, 0.3) is 6.08 Å². The first-order valence-electron chi connectivity index (χ1n) is 9.14. The van der Waals surface area contributed by atoms with Gasteiger partial charge >= 0.3 is 0 Å². The van der Waals surface area contributed by atoms with E-state index in [1.807, 2.05) is 48.5 Å². The fraction of sp³-hybridized carbons (Fsp3) is 0.125. The summed E-state index contributed by atoms with van der Waals surface area (Å²) in [4.78, 5) is 12.6. The molecule has 146 valence electrons. The number of benzene rings is 3. The largest absolute Gasteiger partial charge is 0.497 e. The first-order valence-corrected chi connectivity index (χ1v) is 9.14. The van der Waals surface area contributed by atoms with Crippen molar-refractivity contribution >= 4 is 11.9 Å². The van der Waals surface area contributed by atoms with Crippen molar-refractivity contribution in [2.45, 2.75) is 6.61 Å². The third-order valence-electron chi connectivity index (χ3n) is 4.62. The summed E-state index contributed by atoms with van der Waals surface area (Å²) in [6.07, 6.45) is 1.72. The summed E-state index contributed by atoms with van der Waals surface area (Å²) in [5.74, 6) is 2.84. The molecule has 0 N–H and O–H groups in total. The van der Waals surface area contributed by atoms with Gasteiger partial charge in [-0.05, 0) is 53.6 Å². The maximum absolute atomic E-state index is 12.6. The third kappa shape index (κ3) is 4.09. The predicted octanol–water partition coefficient (Wildman–Crippen LogP) is 4.90. The molecule has 0 spiro atoms. The topological polar surface area (TPSA) is 54.0 Å². The molecule has 5 nitrogen and oxygen atoms in total. The molecule has 0 saturated carbocycles. The molecule has 29 heavy (non-hydrogen) atoms. The van der Waals surface area contributed by atoms with E-state index in [0.29, 0.717) is 23.7 Å². The zero-order valence-corrected chi connectivity index (χ0v) is 16.2. The molecule has 1 aliphatic heterocycles. The number of hydrogen-bond acceptors (Lipinski definition) is 5. The highest BCUT2D eigenvalue weighted by molar-refractivity contribution is 6.14. The van der Waals surface area contributed by atoms with Gasteiger partial charge in [-0.2, -0.15) is 0 Å². The number of hydrogen-bond donors (Lipinski definition) is 0. The van der Waals surface area contributed by atoms with Crippen molar-refractivity contribution in [2.24, 2.45) is 0 Å². The second-order valence-electron chi connectivity index (χ2n) is 6.51. The quantitative estimate of drug-likeness (QED) is 0.562. The Kier molecular flexibility index (Phi) is 5.20. The van der Waals surface area contributed by atoms with Crippen LogP contribution in [-0.4, -0.2) is 20.0 Å². The summed E-state index contributed by atoms with van der Waals surface area (Å²) in [5, 5.41) is 0. The molecule has 5 heteroatoms. The Balaban J connectivity index is 1.46. The first kappa shape index (κ1) is 18.6. The second-order valence-corrected chi connectivity index (χ2v) is 6.51. The molecule has 0 amide bonds. The zero-order valence-electron chi connectivity index (χ0n) is 16.2. The highest BCUT2D eigenvalue weighted by atomic mass is 16.5. The van der Waals surface area contributed by atoms with Crippen LogP contribution in [-0.2, 0) is 6.61 Å². The van der Waals surface area contributed by atoms with E-state index in [4.69, 9.17) is 18.9 Å². The number of carbonyl (C=O) groups excluding carboxylic acids is 1. The average Bonchev–Trinajstić information content (AvgIpc) is 3.07. The van der Waals surface area contributed by atoms with E-state index < -0.39 is 0 Å². The van der Waals surface area contributed by atoms with Gasteiger partial charge in [0.15, 0.2) is 5.76 Å². The molecule has 1 aliphatic rings. The van der Waals surface area contributed by atoms with Gasteiger partial charge in [0.1, 0.15) is 29.6 Å². The lowest BCUT2D eigenvalue weighted by Crippen LogP contribution is -1.98. The molecule has 3 aromatic carbocycles. The molecule has 1 heterocycles. The number of allylic oxidation sites excluding steroid dienone is 1. The van der Waals surface area contributed by atoms with Crippen LogP contribution in [0.2, 0.25) is 0 Å². The number of rotatable bonds is 6. The predicted molar refractivity (Wildman–Crippen MR) is 110 cm³/mol. The lowest BCUT2D eigenvalue weighted by atomic mass is 10.1. The number of ether oxygens (including phenoxy) is 4. The summed E-state index contributed by atoms with van der Waals surface area (Å²) in [5.41, 5.74) is 2.41. The van der Waals surface area contributed by atoms with Gasteiger partial charge in [0.25, 0.3) is 0 Å². The number of fused-ring (bicyclic) bond motifs is 1. The zero-order chi connectivity index (χ0) is 20.2. The number of carbonyl (C=O) groups is 1. The maximum atomic E-state index is 12.6. The highest BCUT2D eigenvalue weighted by Gasteiger charge is 2.27. The number of methoxy groups -OCH3 is 2. The van der Waals surface area contributed by atoms with Gasteiger partial charge in [0, 0.05) is 6.07 Å². The fourth-order valence-electron chi connectivity index (χ4n) is 3.00. The van der Waals surface area contributed by atoms with Gasteiger partial charge in [-0.3, -0.25) is 4.79 Å². The van der Waals surface area contributed by atoms with E-state index in [1.54, 1.807) is 38.5 Å². The summed E-state index contributed by atoms with van der Waals surface area (Å²) >= 11 is 0. The van der Waals surface area contributed by atoms with Crippen molar-refractivity contribution in [1.29, 1.82) is 0 Å². The molecule has 0 atom stereocenters. The summed E-state index contributed by atoms with van der Waals surface area (Å²) in [6, 6.07) is 20.3.